The smallest absolute Gasteiger partial charge is 0.321 e. The van der Waals surface area contributed by atoms with Gasteiger partial charge in [-0.3, -0.25) is 4.79 Å². The monoisotopic (exact) mass is 401 g/mol. The highest BCUT2D eigenvalue weighted by molar-refractivity contribution is 7.08. The fraction of sp³-hybridized carbons (Fsp3) is 0.0625. The molecule has 26 heavy (non-hydrogen) atoms. The van der Waals surface area contributed by atoms with Gasteiger partial charge >= 0.3 is 6.18 Å². The van der Waals surface area contributed by atoms with Crippen molar-refractivity contribution in [2.75, 3.05) is 5.32 Å². The lowest BCUT2D eigenvalue weighted by Gasteiger charge is -2.11. The number of amides is 1. The molecule has 0 saturated heterocycles. The first kappa shape index (κ1) is 18.3. The minimum Gasteiger partial charge on any atom is -0.321 e. The van der Waals surface area contributed by atoms with E-state index in [1.807, 2.05) is 0 Å². The van der Waals surface area contributed by atoms with E-state index in [1.54, 1.807) is 0 Å². The first-order valence-corrected chi connectivity index (χ1v) is 8.17. The van der Waals surface area contributed by atoms with Gasteiger partial charge in [0.05, 0.1) is 10.6 Å². The summed E-state index contributed by atoms with van der Waals surface area (Å²) in [5, 5.41) is 5.73. The van der Waals surface area contributed by atoms with Crippen LogP contribution >= 0.6 is 23.1 Å². The standard InChI is InChI=1S/C16H8ClF4N3OS/c17-12-6-5-10(7-11(12)16(19,20)21)22-15(25)14-13(23-24-26-14)8-1-3-9(18)4-2-8/h1-7H,(H,22,25). The molecule has 134 valence electrons. The van der Waals surface area contributed by atoms with E-state index < -0.39 is 28.5 Å². The fourth-order valence-electron chi connectivity index (χ4n) is 2.14. The summed E-state index contributed by atoms with van der Waals surface area (Å²) in [5.41, 5.74) is -0.474. The van der Waals surface area contributed by atoms with E-state index in [0.717, 1.165) is 23.7 Å². The maximum absolute atomic E-state index is 13.0. The Kier molecular flexibility index (Phi) is 4.92. The maximum Gasteiger partial charge on any atom is 0.417 e. The van der Waals surface area contributed by atoms with E-state index in [9.17, 15) is 22.4 Å². The van der Waals surface area contributed by atoms with Crippen LogP contribution in [0.3, 0.4) is 0 Å². The molecule has 10 heteroatoms. The highest BCUT2D eigenvalue weighted by atomic mass is 35.5. The van der Waals surface area contributed by atoms with E-state index in [2.05, 4.69) is 14.9 Å². The highest BCUT2D eigenvalue weighted by Gasteiger charge is 2.33. The Hall–Kier alpha value is -2.52. The van der Waals surface area contributed by atoms with Gasteiger partial charge < -0.3 is 5.32 Å². The average molecular weight is 402 g/mol. The second-order valence-electron chi connectivity index (χ2n) is 5.10. The van der Waals surface area contributed by atoms with Crippen molar-refractivity contribution < 1.29 is 22.4 Å². The zero-order chi connectivity index (χ0) is 18.9. The lowest BCUT2D eigenvalue weighted by Crippen LogP contribution is -2.13. The molecule has 4 nitrogen and oxygen atoms in total. The maximum atomic E-state index is 13.0. The van der Waals surface area contributed by atoms with Crippen LogP contribution in [-0.4, -0.2) is 15.5 Å². The molecule has 1 aromatic heterocycles. The number of nitrogens with one attached hydrogen (secondary N) is 1. The van der Waals surface area contributed by atoms with Crippen molar-refractivity contribution in [3.63, 3.8) is 0 Å². The molecule has 3 rings (SSSR count). The Morgan fingerprint density at radius 1 is 1.12 bits per heavy atom. The van der Waals surface area contributed by atoms with Crippen molar-refractivity contribution in [2.45, 2.75) is 6.18 Å². The van der Waals surface area contributed by atoms with E-state index in [0.29, 0.717) is 5.56 Å². The molecule has 0 aliphatic carbocycles. The molecule has 2 aromatic carbocycles. The summed E-state index contributed by atoms with van der Waals surface area (Å²) in [4.78, 5) is 12.5. The molecule has 0 aliphatic rings. The van der Waals surface area contributed by atoms with Crippen LogP contribution in [0.15, 0.2) is 42.5 Å². The molecular weight excluding hydrogens is 394 g/mol. The normalized spacial score (nSPS) is 11.4. The van der Waals surface area contributed by atoms with Gasteiger partial charge in [0.15, 0.2) is 0 Å². The van der Waals surface area contributed by atoms with Gasteiger partial charge in [-0.1, -0.05) is 16.1 Å². The van der Waals surface area contributed by atoms with Gasteiger partial charge in [0.2, 0.25) is 0 Å². The molecular formula is C16H8ClF4N3OS. The topological polar surface area (TPSA) is 54.9 Å². The summed E-state index contributed by atoms with van der Waals surface area (Å²) in [5.74, 6) is -1.14. The Labute approximate surface area is 153 Å². The number of alkyl halides is 3. The Morgan fingerprint density at radius 2 is 1.81 bits per heavy atom. The number of anilines is 1. The first-order valence-electron chi connectivity index (χ1n) is 7.02. The van der Waals surface area contributed by atoms with Gasteiger partial charge in [0.25, 0.3) is 5.91 Å². The Morgan fingerprint density at radius 3 is 2.46 bits per heavy atom. The van der Waals surface area contributed by atoms with Gasteiger partial charge in [-0.05, 0) is 54.0 Å². The van der Waals surface area contributed by atoms with Crippen molar-refractivity contribution in [2.24, 2.45) is 0 Å². The SMILES string of the molecule is O=C(Nc1ccc(Cl)c(C(F)(F)F)c1)c1snnc1-c1ccc(F)cc1. The van der Waals surface area contributed by atoms with Gasteiger partial charge in [-0.2, -0.15) is 13.2 Å². The molecule has 0 spiro atoms. The predicted octanol–water partition coefficient (Wildman–Crippen LogP) is 5.27. The largest absolute Gasteiger partial charge is 0.417 e. The molecule has 1 N–H and O–H groups in total. The minimum absolute atomic E-state index is 0.0785. The van der Waals surface area contributed by atoms with E-state index in [-0.39, 0.29) is 16.3 Å². The Balaban J connectivity index is 1.88. The summed E-state index contributed by atoms with van der Waals surface area (Å²) in [6, 6.07) is 8.29. The molecule has 0 aliphatic heterocycles. The molecule has 0 fully saturated rings. The predicted molar refractivity (Wildman–Crippen MR) is 89.7 cm³/mol. The Bertz CT molecular complexity index is 957. The van der Waals surface area contributed by atoms with Gasteiger partial charge in [-0.15, -0.1) is 5.10 Å². The molecule has 0 bridgehead atoms. The molecule has 0 radical (unpaired) electrons. The molecule has 0 atom stereocenters. The quantitative estimate of drug-likeness (QED) is 0.608. The zero-order valence-electron chi connectivity index (χ0n) is 12.6. The third kappa shape index (κ3) is 3.83. The van der Waals surface area contributed by atoms with Crippen molar-refractivity contribution in [3.8, 4) is 11.3 Å². The summed E-state index contributed by atoms with van der Waals surface area (Å²) in [6.07, 6.45) is -4.65. The lowest BCUT2D eigenvalue weighted by atomic mass is 10.1. The van der Waals surface area contributed by atoms with E-state index in [1.165, 1.54) is 30.3 Å². The van der Waals surface area contributed by atoms with Gasteiger partial charge in [0.1, 0.15) is 16.4 Å². The van der Waals surface area contributed by atoms with Crippen molar-refractivity contribution in [1.82, 2.24) is 9.59 Å². The van der Waals surface area contributed by atoms with Crippen LogP contribution in [0.5, 0.6) is 0 Å². The van der Waals surface area contributed by atoms with Crippen molar-refractivity contribution in [3.05, 3.63) is 63.7 Å². The molecule has 1 heterocycles. The number of hydrogen-bond donors (Lipinski definition) is 1. The zero-order valence-corrected chi connectivity index (χ0v) is 14.2. The lowest BCUT2D eigenvalue weighted by molar-refractivity contribution is -0.137. The number of carbonyl (C=O) groups excluding carboxylic acids is 1. The van der Waals surface area contributed by atoms with Crippen LogP contribution in [-0.2, 0) is 6.18 Å². The minimum atomic E-state index is -4.65. The summed E-state index contributed by atoms with van der Waals surface area (Å²) >= 11 is 6.33. The number of benzene rings is 2. The van der Waals surface area contributed by atoms with Crippen LogP contribution in [0.25, 0.3) is 11.3 Å². The summed E-state index contributed by atoms with van der Waals surface area (Å²) in [6.45, 7) is 0. The number of nitrogens with zero attached hydrogens (tertiary/aromatic N) is 2. The third-order valence-corrected chi connectivity index (χ3v) is 4.40. The number of aromatic nitrogens is 2. The fourth-order valence-corrected chi connectivity index (χ4v) is 2.95. The molecule has 0 saturated carbocycles. The van der Waals surface area contributed by atoms with Gasteiger partial charge in [0, 0.05) is 11.3 Å². The number of carbonyl (C=O) groups is 1. The van der Waals surface area contributed by atoms with E-state index >= 15 is 0 Å². The second-order valence-corrected chi connectivity index (χ2v) is 6.27. The highest BCUT2D eigenvalue weighted by Crippen LogP contribution is 2.36. The van der Waals surface area contributed by atoms with Crippen molar-refractivity contribution >= 4 is 34.7 Å². The third-order valence-electron chi connectivity index (χ3n) is 3.34. The number of rotatable bonds is 3. The average Bonchev–Trinajstić information content (AvgIpc) is 3.06. The molecule has 3 aromatic rings. The summed E-state index contributed by atoms with van der Waals surface area (Å²) < 4.78 is 55.5. The number of halogens is 5. The first-order chi connectivity index (χ1) is 12.3. The van der Waals surface area contributed by atoms with Crippen LogP contribution < -0.4 is 5.32 Å². The van der Waals surface area contributed by atoms with Crippen LogP contribution in [0.4, 0.5) is 23.2 Å². The molecule has 1 amide bonds. The summed E-state index contributed by atoms with van der Waals surface area (Å²) in [7, 11) is 0. The van der Waals surface area contributed by atoms with Crippen LogP contribution in [0.2, 0.25) is 5.02 Å². The number of hydrogen-bond acceptors (Lipinski definition) is 4. The van der Waals surface area contributed by atoms with Crippen LogP contribution in [0, 0.1) is 5.82 Å². The van der Waals surface area contributed by atoms with Gasteiger partial charge in [-0.25, -0.2) is 4.39 Å². The van der Waals surface area contributed by atoms with E-state index in [4.69, 9.17) is 11.6 Å². The molecule has 0 unspecified atom stereocenters. The van der Waals surface area contributed by atoms with Crippen molar-refractivity contribution in [1.29, 1.82) is 0 Å². The van der Waals surface area contributed by atoms with Crippen LogP contribution in [0.1, 0.15) is 15.2 Å². The second kappa shape index (κ2) is 7.00.